The number of aliphatic hydroxyl groups excluding tert-OH is 1. The Kier molecular flexibility index (Phi) is 4.73. The summed E-state index contributed by atoms with van der Waals surface area (Å²) in [4.78, 5) is 13.0. The zero-order valence-corrected chi connectivity index (χ0v) is 11.9. The molecule has 2 rings (SSSR count). The van der Waals surface area contributed by atoms with Crippen LogP contribution in [0.5, 0.6) is 5.75 Å². The van der Waals surface area contributed by atoms with Crippen molar-refractivity contribution in [2.75, 3.05) is 0 Å². The fourth-order valence-corrected chi connectivity index (χ4v) is 2.63. The molecule has 106 valence electrons. The third kappa shape index (κ3) is 3.36. The Hall–Kier alpha value is -1.89. The second kappa shape index (κ2) is 6.51. The topological polar surface area (TPSA) is 84.6 Å². The van der Waals surface area contributed by atoms with Gasteiger partial charge in [-0.3, -0.25) is 10.2 Å². The van der Waals surface area contributed by atoms with E-state index in [1.807, 2.05) is 19.1 Å². The van der Waals surface area contributed by atoms with Crippen molar-refractivity contribution in [2.45, 2.75) is 20.1 Å². The number of nitrogen functional groups attached to an aromatic ring is 1. The first-order valence-corrected chi connectivity index (χ1v) is 6.88. The number of hydrazine groups is 1. The summed E-state index contributed by atoms with van der Waals surface area (Å²) in [6, 6.07) is 9.01. The minimum atomic E-state index is -0.295. The van der Waals surface area contributed by atoms with E-state index in [0.29, 0.717) is 11.5 Å². The van der Waals surface area contributed by atoms with Crippen LogP contribution >= 0.6 is 11.3 Å². The van der Waals surface area contributed by atoms with Gasteiger partial charge in [-0.1, -0.05) is 12.1 Å². The van der Waals surface area contributed by atoms with Gasteiger partial charge < -0.3 is 9.84 Å². The van der Waals surface area contributed by atoms with E-state index in [9.17, 15) is 4.79 Å². The van der Waals surface area contributed by atoms with Crippen molar-refractivity contribution in [3.8, 4) is 5.75 Å². The van der Waals surface area contributed by atoms with Crippen LogP contribution in [-0.2, 0) is 13.2 Å². The first-order chi connectivity index (χ1) is 9.63. The number of amides is 1. The molecule has 1 amide bonds. The standard InChI is InChI=1S/C14H16N2O3S/c1-9-11(6-13(20-9)14(18)16-15)8-19-12-4-2-10(7-17)3-5-12/h2-6,17H,7-8,15H2,1H3,(H,16,18). The molecule has 0 spiro atoms. The number of carbonyl (C=O) groups excluding carboxylic acids is 1. The van der Waals surface area contributed by atoms with Crippen molar-refractivity contribution in [1.82, 2.24) is 5.43 Å². The van der Waals surface area contributed by atoms with E-state index in [4.69, 9.17) is 15.7 Å². The molecule has 0 aliphatic carbocycles. The molecule has 0 saturated carbocycles. The molecule has 2 aromatic rings. The average molecular weight is 292 g/mol. The number of ether oxygens (including phenoxy) is 1. The lowest BCUT2D eigenvalue weighted by Crippen LogP contribution is -2.29. The number of benzene rings is 1. The summed E-state index contributed by atoms with van der Waals surface area (Å²) in [6.45, 7) is 2.34. The van der Waals surface area contributed by atoms with Gasteiger partial charge in [0.15, 0.2) is 0 Å². The van der Waals surface area contributed by atoms with Crippen molar-refractivity contribution < 1.29 is 14.6 Å². The van der Waals surface area contributed by atoms with Gasteiger partial charge in [-0.15, -0.1) is 11.3 Å². The zero-order chi connectivity index (χ0) is 14.5. The van der Waals surface area contributed by atoms with Gasteiger partial charge in [0.2, 0.25) is 0 Å². The van der Waals surface area contributed by atoms with E-state index < -0.39 is 0 Å². The Bertz CT molecular complexity index is 593. The quantitative estimate of drug-likeness (QED) is 0.445. The number of nitrogens with one attached hydrogen (secondary N) is 1. The van der Waals surface area contributed by atoms with Crippen molar-refractivity contribution in [3.05, 3.63) is 51.2 Å². The predicted molar refractivity (Wildman–Crippen MR) is 77.4 cm³/mol. The fourth-order valence-electron chi connectivity index (χ4n) is 1.70. The second-order valence-electron chi connectivity index (χ2n) is 4.26. The average Bonchev–Trinajstić information content (AvgIpc) is 2.86. The van der Waals surface area contributed by atoms with E-state index in [0.717, 1.165) is 21.8 Å². The molecule has 0 radical (unpaired) electrons. The Morgan fingerprint density at radius 3 is 2.70 bits per heavy atom. The number of hydrogen-bond acceptors (Lipinski definition) is 5. The summed E-state index contributed by atoms with van der Waals surface area (Å²) in [5.41, 5.74) is 3.91. The van der Waals surface area contributed by atoms with Gasteiger partial charge in [-0.2, -0.15) is 0 Å². The maximum Gasteiger partial charge on any atom is 0.275 e. The molecule has 6 heteroatoms. The largest absolute Gasteiger partial charge is 0.489 e. The molecule has 0 unspecified atom stereocenters. The smallest absolute Gasteiger partial charge is 0.275 e. The fraction of sp³-hybridized carbons (Fsp3) is 0.214. The van der Waals surface area contributed by atoms with Crippen LogP contribution in [0.1, 0.15) is 25.7 Å². The number of aryl methyl sites for hydroxylation is 1. The maximum absolute atomic E-state index is 11.4. The van der Waals surface area contributed by atoms with E-state index in [1.165, 1.54) is 11.3 Å². The first-order valence-electron chi connectivity index (χ1n) is 6.07. The number of rotatable bonds is 5. The summed E-state index contributed by atoms with van der Waals surface area (Å²) < 4.78 is 5.66. The van der Waals surface area contributed by atoms with Gasteiger partial charge in [0.25, 0.3) is 5.91 Å². The molecule has 0 atom stereocenters. The lowest BCUT2D eigenvalue weighted by Gasteiger charge is -2.06. The van der Waals surface area contributed by atoms with Crippen LogP contribution in [0.2, 0.25) is 0 Å². The van der Waals surface area contributed by atoms with Crippen LogP contribution in [0, 0.1) is 6.92 Å². The number of hydrogen-bond donors (Lipinski definition) is 3. The second-order valence-corrected chi connectivity index (χ2v) is 5.51. The van der Waals surface area contributed by atoms with Gasteiger partial charge >= 0.3 is 0 Å². The van der Waals surface area contributed by atoms with Crippen molar-refractivity contribution in [2.24, 2.45) is 5.84 Å². The molecule has 0 aliphatic rings. The van der Waals surface area contributed by atoms with Crippen LogP contribution in [0.4, 0.5) is 0 Å². The summed E-state index contributed by atoms with van der Waals surface area (Å²) in [7, 11) is 0. The molecule has 1 heterocycles. The summed E-state index contributed by atoms with van der Waals surface area (Å²) in [5, 5.41) is 8.96. The van der Waals surface area contributed by atoms with Gasteiger partial charge in [0, 0.05) is 10.4 Å². The third-order valence-corrected chi connectivity index (χ3v) is 3.97. The maximum atomic E-state index is 11.4. The van der Waals surface area contributed by atoms with Gasteiger partial charge in [0.05, 0.1) is 11.5 Å². The van der Waals surface area contributed by atoms with Crippen LogP contribution in [-0.4, -0.2) is 11.0 Å². The number of nitrogens with two attached hydrogens (primary N) is 1. The third-order valence-electron chi connectivity index (χ3n) is 2.88. The Morgan fingerprint density at radius 1 is 1.40 bits per heavy atom. The molecule has 0 saturated heterocycles. The van der Waals surface area contributed by atoms with Gasteiger partial charge in [-0.05, 0) is 30.7 Å². The van der Waals surface area contributed by atoms with Crippen LogP contribution in [0.15, 0.2) is 30.3 Å². The molecule has 1 aromatic carbocycles. The van der Waals surface area contributed by atoms with Crippen molar-refractivity contribution in [3.63, 3.8) is 0 Å². The summed E-state index contributed by atoms with van der Waals surface area (Å²) in [6.07, 6.45) is 0. The number of thiophene rings is 1. The summed E-state index contributed by atoms with van der Waals surface area (Å²) in [5.74, 6) is 5.54. The lowest BCUT2D eigenvalue weighted by atomic mass is 10.2. The number of carbonyl (C=O) groups is 1. The van der Waals surface area contributed by atoms with Crippen LogP contribution in [0.3, 0.4) is 0 Å². The highest BCUT2D eigenvalue weighted by Crippen LogP contribution is 2.23. The molecule has 0 aliphatic heterocycles. The Labute approximate surface area is 121 Å². The molecule has 0 bridgehead atoms. The highest BCUT2D eigenvalue weighted by Gasteiger charge is 2.11. The predicted octanol–water partition coefficient (Wildman–Crippen LogP) is 1.73. The lowest BCUT2D eigenvalue weighted by molar-refractivity contribution is 0.0957. The monoisotopic (exact) mass is 292 g/mol. The Morgan fingerprint density at radius 2 is 2.10 bits per heavy atom. The van der Waals surface area contributed by atoms with Crippen molar-refractivity contribution >= 4 is 17.2 Å². The van der Waals surface area contributed by atoms with E-state index in [-0.39, 0.29) is 12.5 Å². The zero-order valence-electron chi connectivity index (χ0n) is 11.1. The molecule has 4 N–H and O–H groups in total. The highest BCUT2D eigenvalue weighted by atomic mass is 32.1. The van der Waals surface area contributed by atoms with Gasteiger partial charge in [-0.25, -0.2) is 5.84 Å². The first kappa shape index (κ1) is 14.5. The normalized spacial score (nSPS) is 10.3. The molecule has 0 fully saturated rings. The number of aliphatic hydroxyl groups is 1. The van der Waals surface area contributed by atoms with Crippen LogP contribution in [0.25, 0.3) is 0 Å². The van der Waals surface area contributed by atoms with E-state index >= 15 is 0 Å². The van der Waals surface area contributed by atoms with E-state index in [1.54, 1.807) is 18.2 Å². The minimum absolute atomic E-state index is 0.0154. The molecule has 20 heavy (non-hydrogen) atoms. The highest BCUT2D eigenvalue weighted by molar-refractivity contribution is 7.14. The molecular formula is C14H16N2O3S. The van der Waals surface area contributed by atoms with Crippen LogP contribution < -0.4 is 16.0 Å². The molecule has 1 aromatic heterocycles. The SMILES string of the molecule is Cc1sc(C(=O)NN)cc1COc1ccc(CO)cc1. The minimum Gasteiger partial charge on any atom is -0.489 e. The molecular weight excluding hydrogens is 276 g/mol. The summed E-state index contributed by atoms with van der Waals surface area (Å²) >= 11 is 1.38. The van der Waals surface area contributed by atoms with Crippen molar-refractivity contribution in [1.29, 1.82) is 0 Å². The van der Waals surface area contributed by atoms with Gasteiger partial charge in [0.1, 0.15) is 12.4 Å². The van der Waals surface area contributed by atoms with E-state index in [2.05, 4.69) is 5.43 Å². The Balaban J connectivity index is 2.02. The molecule has 5 nitrogen and oxygen atoms in total.